The number of hydrogen-bond donors (Lipinski definition) is 0. The molecule has 0 bridgehead atoms. The van der Waals surface area contributed by atoms with Crippen LogP contribution < -0.4 is 4.74 Å². The van der Waals surface area contributed by atoms with Crippen molar-refractivity contribution in [1.82, 2.24) is 0 Å². The highest BCUT2D eigenvalue weighted by Crippen LogP contribution is 2.31. The van der Waals surface area contributed by atoms with E-state index in [4.69, 9.17) is 16.3 Å². The zero-order valence-electron chi connectivity index (χ0n) is 9.71. The highest BCUT2D eigenvalue weighted by molar-refractivity contribution is 9.08. The number of hydrogen-bond acceptors (Lipinski definition) is 1. The second kappa shape index (κ2) is 5.72. The maximum atomic E-state index is 13.4. The van der Waals surface area contributed by atoms with Crippen molar-refractivity contribution in [1.29, 1.82) is 0 Å². The molecular weight excluding hydrogens is 319 g/mol. The minimum absolute atomic E-state index is 0.291. The monoisotopic (exact) mass is 328 g/mol. The average Bonchev–Trinajstić information content (AvgIpc) is 2.36. The van der Waals surface area contributed by atoms with Crippen LogP contribution >= 0.6 is 27.5 Å². The van der Waals surface area contributed by atoms with Crippen molar-refractivity contribution >= 4 is 27.5 Å². The normalized spacial score (nSPS) is 10.4. The highest BCUT2D eigenvalue weighted by atomic mass is 79.9. The van der Waals surface area contributed by atoms with Crippen molar-refractivity contribution in [3.05, 3.63) is 58.4 Å². The Morgan fingerprint density at radius 3 is 2.61 bits per heavy atom. The number of halogens is 3. The number of alkyl halides is 1. The van der Waals surface area contributed by atoms with Gasteiger partial charge < -0.3 is 4.74 Å². The fourth-order valence-electron chi connectivity index (χ4n) is 1.47. The van der Waals surface area contributed by atoms with Crippen LogP contribution in [0.15, 0.2) is 36.4 Å². The van der Waals surface area contributed by atoms with Crippen LogP contribution in [0.1, 0.15) is 11.1 Å². The molecule has 0 aliphatic rings. The molecule has 0 heterocycles. The summed E-state index contributed by atoms with van der Waals surface area (Å²) >= 11 is 9.44. The van der Waals surface area contributed by atoms with E-state index in [9.17, 15) is 4.39 Å². The summed E-state index contributed by atoms with van der Waals surface area (Å²) in [6.45, 7) is 1.71. The fraction of sp³-hybridized carbons (Fsp3) is 0.143. The van der Waals surface area contributed by atoms with Crippen LogP contribution in [0.5, 0.6) is 11.5 Å². The summed E-state index contributed by atoms with van der Waals surface area (Å²) in [7, 11) is 0. The number of ether oxygens (including phenoxy) is 1. The molecule has 0 aromatic heterocycles. The lowest BCUT2D eigenvalue weighted by Gasteiger charge is -2.09. The van der Waals surface area contributed by atoms with Gasteiger partial charge in [0.2, 0.25) is 0 Å². The molecule has 0 unspecified atom stereocenters. The maximum Gasteiger partial charge on any atom is 0.146 e. The largest absolute Gasteiger partial charge is 0.456 e. The van der Waals surface area contributed by atoms with Gasteiger partial charge in [-0.15, -0.1) is 0 Å². The minimum Gasteiger partial charge on any atom is -0.456 e. The fourth-order valence-corrected chi connectivity index (χ4v) is 2.06. The van der Waals surface area contributed by atoms with E-state index < -0.39 is 0 Å². The second-order valence-corrected chi connectivity index (χ2v) is 4.88. The van der Waals surface area contributed by atoms with Gasteiger partial charge in [0.25, 0.3) is 0 Å². The Kier molecular flexibility index (Phi) is 4.25. The first-order valence-corrected chi connectivity index (χ1v) is 6.88. The van der Waals surface area contributed by atoms with Crippen molar-refractivity contribution in [3.63, 3.8) is 0 Å². The van der Waals surface area contributed by atoms with Crippen molar-refractivity contribution < 1.29 is 9.13 Å². The summed E-state index contributed by atoms with van der Waals surface area (Å²) in [5.41, 5.74) is 1.64. The summed E-state index contributed by atoms with van der Waals surface area (Å²) in [6, 6.07) is 10.2. The van der Waals surface area contributed by atoms with E-state index >= 15 is 0 Å². The van der Waals surface area contributed by atoms with Gasteiger partial charge in [-0.25, -0.2) is 4.39 Å². The molecule has 0 spiro atoms. The summed E-state index contributed by atoms with van der Waals surface area (Å²) < 4.78 is 18.9. The third-order valence-electron chi connectivity index (χ3n) is 2.52. The van der Waals surface area contributed by atoms with E-state index in [1.807, 2.05) is 12.1 Å². The summed E-state index contributed by atoms with van der Waals surface area (Å²) in [6.07, 6.45) is 0. The standard InChI is InChI=1S/C14H11BrClFO/c1-9-2-4-11(7-13(9)17)18-14-5-3-10(8-15)6-12(14)16/h2-7H,8H2,1H3. The smallest absolute Gasteiger partial charge is 0.146 e. The van der Waals surface area contributed by atoms with E-state index in [0.717, 1.165) is 10.9 Å². The Labute approximate surface area is 119 Å². The van der Waals surface area contributed by atoms with Crippen LogP contribution in [0.25, 0.3) is 0 Å². The molecule has 0 aliphatic heterocycles. The molecule has 0 amide bonds. The lowest BCUT2D eigenvalue weighted by Crippen LogP contribution is -1.89. The van der Waals surface area contributed by atoms with E-state index in [1.54, 1.807) is 25.1 Å². The average molecular weight is 330 g/mol. The topological polar surface area (TPSA) is 9.23 Å². The van der Waals surface area contributed by atoms with Gasteiger partial charge in [-0.05, 0) is 36.2 Å². The predicted octanol–water partition coefficient (Wildman–Crippen LogP) is 5.47. The molecule has 18 heavy (non-hydrogen) atoms. The van der Waals surface area contributed by atoms with Gasteiger partial charge in [0.15, 0.2) is 0 Å². The van der Waals surface area contributed by atoms with Crippen LogP contribution in [0.4, 0.5) is 4.39 Å². The Balaban J connectivity index is 2.25. The Morgan fingerprint density at radius 1 is 1.22 bits per heavy atom. The van der Waals surface area contributed by atoms with Crippen LogP contribution in [0.2, 0.25) is 5.02 Å². The third-order valence-corrected chi connectivity index (χ3v) is 3.46. The van der Waals surface area contributed by atoms with E-state index in [1.165, 1.54) is 6.07 Å². The Hall–Kier alpha value is -1.06. The SMILES string of the molecule is Cc1ccc(Oc2ccc(CBr)cc2Cl)cc1F. The van der Waals surface area contributed by atoms with Gasteiger partial charge in [0, 0.05) is 11.4 Å². The molecule has 0 N–H and O–H groups in total. The van der Waals surface area contributed by atoms with Gasteiger partial charge in [0.05, 0.1) is 5.02 Å². The van der Waals surface area contributed by atoms with Crippen molar-refractivity contribution in [2.75, 3.05) is 0 Å². The molecule has 2 aromatic rings. The number of aryl methyl sites for hydroxylation is 1. The molecule has 2 rings (SSSR count). The van der Waals surface area contributed by atoms with Crippen LogP contribution in [-0.2, 0) is 5.33 Å². The molecule has 0 radical (unpaired) electrons. The zero-order valence-corrected chi connectivity index (χ0v) is 12.1. The number of benzene rings is 2. The molecule has 0 fully saturated rings. The van der Waals surface area contributed by atoms with Crippen LogP contribution in [0.3, 0.4) is 0 Å². The molecule has 4 heteroatoms. The molecule has 0 aliphatic carbocycles. The van der Waals surface area contributed by atoms with Gasteiger partial charge in [-0.2, -0.15) is 0 Å². The van der Waals surface area contributed by atoms with Gasteiger partial charge >= 0.3 is 0 Å². The van der Waals surface area contributed by atoms with E-state index in [2.05, 4.69) is 15.9 Å². The van der Waals surface area contributed by atoms with Crippen molar-refractivity contribution in [2.24, 2.45) is 0 Å². The predicted molar refractivity (Wildman–Crippen MR) is 75.3 cm³/mol. The van der Waals surface area contributed by atoms with Crippen molar-refractivity contribution in [2.45, 2.75) is 12.3 Å². The summed E-state index contributed by atoms with van der Waals surface area (Å²) in [5.74, 6) is 0.664. The molecule has 0 atom stereocenters. The van der Waals surface area contributed by atoms with E-state index in [-0.39, 0.29) is 5.82 Å². The zero-order chi connectivity index (χ0) is 13.1. The second-order valence-electron chi connectivity index (χ2n) is 3.91. The molecule has 0 saturated carbocycles. The highest BCUT2D eigenvalue weighted by Gasteiger charge is 2.06. The third kappa shape index (κ3) is 3.03. The lowest BCUT2D eigenvalue weighted by atomic mass is 10.2. The molecular formula is C14H11BrClFO. The molecule has 2 aromatic carbocycles. The van der Waals surface area contributed by atoms with Crippen LogP contribution in [-0.4, -0.2) is 0 Å². The minimum atomic E-state index is -0.291. The van der Waals surface area contributed by atoms with E-state index in [0.29, 0.717) is 22.1 Å². The summed E-state index contributed by atoms with van der Waals surface area (Å²) in [5, 5.41) is 1.24. The Morgan fingerprint density at radius 2 is 2.00 bits per heavy atom. The first-order chi connectivity index (χ1) is 8.60. The molecule has 0 saturated heterocycles. The quantitative estimate of drug-likeness (QED) is 0.678. The van der Waals surface area contributed by atoms with Gasteiger partial charge in [-0.1, -0.05) is 39.7 Å². The summed E-state index contributed by atoms with van der Waals surface area (Å²) in [4.78, 5) is 0. The maximum absolute atomic E-state index is 13.4. The first kappa shape index (κ1) is 13.4. The van der Waals surface area contributed by atoms with Gasteiger partial charge in [-0.3, -0.25) is 0 Å². The van der Waals surface area contributed by atoms with Crippen LogP contribution in [0, 0.1) is 12.7 Å². The van der Waals surface area contributed by atoms with Gasteiger partial charge in [0.1, 0.15) is 17.3 Å². The number of rotatable bonds is 3. The lowest BCUT2D eigenvalue weighted by molar-refractivity contribution is 0.476. The van der Waals surface area contributed by atoms with Crippen molar-refractivity contribution in [3.8, 4) is 11.5 Å². The Bertz CT molecular complexity index is 572. The molecule has 1 nitrogen and oxygen atoms in total. The molecule has 94 valence electrons. The first-order valence-electron chi connectivity index (χ1n) is 5.38.